The molecule has 0 amide bonds. The van der Waals surface area contributed by atoms with Crippen molar-refractivity contribution in [3.63, 3.8) is 0 Å². The van der Waals surface area contributed by atoms with E-state index < -0.39 is 11.7 Å². The average molecular weight is 424 g/mol. The fourth-order valence-electron chi connectivity index (χ4n) is 3.22. The number of hydrogen-bond acceptors (Lipinski definition) is 5. The molecule has 1 aliphatic rings. The van der Waals surface area contributed by atoms with Crippen LogP contribution in [0.5, 0.6) is 0 Å². The summed E-state index contributed by atoms with van der Waals surface area (Å²) in [5, 5.41) is 11.8. The minimum Gasteiger partial charge on any atom is -0.370 e. The van der Waals surface area contributed by atoms with E-state index in [1.54, 1.807) is 17.1 Å². The van der Waals surface area contributed by atoms with Gasteiger partial charge < -0.3 is 10.1 Å². The zero-order valence-electron chi connectivity index (χ0n) is 15.1. The van der Waals surface area contributed by atoms with E-state index >= 15 is 0 Å². The van der Waals surface area contributed by atoms with E-state index in [1.165, 1.54) is 6.07 Å². The van der Waals surface area contributed by atoms with Crippen LogP contribution >= 0.6 is 11.6 Å². The smallest absolute Gasteiger partial charge is 0.370 e. The highest BCUT2D eigenvalue weighted by atomic mass is 35.5. The molecular weight excluding hydrogens is 407 g/mol. The van der Waals surface area contributed by atoms with Gasteiger partial charge in [0.2, 0.25) is 0 Å². The van der Waals surface area contributed by atoms with Crippen molar-refractivity contribution < 1.29 is 17.9 Å². The van der Waals surface area contributed by atoms with E-state index in [2.05, 4.69) is 20.6 Å². The molecule has 6 nitrogen and oxygen atoms in total. The predicted molar refractivity (Wildman–Crippen MR) is 100 cm³/mol. The third-order valence-electron chi connectivity index (χ3n) is 4.76. The number of pyridine rings is 1. The second kappa shape index (κ2) is 8.10. The van der Waals surface area contributed by atoms with Crippen molar-refractivity contribution in [2.45, 2.75) is 24.9 Å². The maximum absolute atomic E-state index is 12.9. The summed E-state index contributed by atoms with van der Waals surface area (Å²) in [6.07, 6.45) is 0.467. The Morgan fingerprint density at radius 3 is 2.86 bits per heavy atom. The van der Waals surface area contributed by atoms with Crippen LogP contribution in [0.4, 0.5) is 13.2 Å². The van der Waals surface area contributed by atoms with Crippen molar-refractivity contribution >= 4 is 11.6 Å². The summed E-state index contributed by atoms with van der Waals surface area (Å²) in [6.45, 7) is 1.12. The highest BCUT2D eigenvalue weighted by Gasteiger charge is 2.32. The number of hydrogen-bond donors (Lipinski definition) is 1. The van der Waals surface area contributed by atoms with Gasteiger partial charge in [-0.15, -0.1) is 5.10 Å². The van der Waals surface area contributed by atoms with Gasteiger partial charge in [-0.25, -0.2) is 4.68 Å². The van der Waals surface area contributed by atoms with Crippen LogP contribution in [0, 0.1) is 0 Å². The molecule has 2 aromatic heterocycles. The summed E-state index contributed by atoms with van der Waals surface area (Å²) >= 11 is 6.06. The van der Waals surface area contributed by atoms with Crippen LogP contribution in [0.3, 0.4) is 0 Å². The van der Waals surface area contributed by atoms with E-state index in [1.807, 2.05) is 18.3 Å². The van der Waals surface area contributed by atoms with Crippen LogP contribution < -0.4 is 5.32 Å². The Balaban J connectivity index is 1.47. The lowest BCUT2D eigenvalue weighted by Crippen LogP contribution is -2.26. The normalized spacial score (nSPS) is 19.6. The van der Waals surface area contributed by atoms with Gasteiger partial charge in [0.15, 0.2) is 0 Å². The van der Waals surface area contributed by atoms with Crippen molar-refractivity contribution in [2.75, 3.05) is 13.1 Å². The summed E-state index contributed by atoms with van der Waals surface area (Å²) in [6, 6.07) is 6.79. The number of rotatable bonds is 5. The lowest BCUT2D eigenvalue weighted by Gasteiger charge is -2.20. The van der Waals surface area contributed by atoms with Crippen LogP contribution in [-0.4, -0.2) is 39.2 Å². The second-order valence-electron chi connectivity index (χ2n) is 6.70. The van der Waals surface area contributed by atoms with Gasteiger partial charge in [0, 0.05) is 36.1 Å². The second-order valence-corrected chi connectivity index (χ2v) is 7.11. The number of alkyl halides is 3. The van der Waals surface area contributed by atoms with Crippen LogP contribution in [0.15, 0.2) is 48.9 Å². The SMILES string of the molecule is FC(F)(F)c1ccc(Cl)c(CO[C@@H]2CNC[C@H]2n2cc(-c3cccnc3)nn2)c1. The highest BCUT2D eigenvalue weighted by molar-refractivity contribution is 6.31. The van der Waals surface area contributed by atoms with Crippen LogP contribution in [0.1, 0.15) is 17.2 Å². The van der Waals surface area contributed by atoms with Gasteiger partial charge in [-0.2, -0.15) is 13.2 Å². The third-order valence-corrected chi connectivity index (χ3v) is 5.13. The minimum atomic E-state index is -4.43. The average Bonchev–Trinajstić information content (AvgIpc) is 3.36. The number of halogens is 4. The standard InChI is InChI=1S/C19H17ClF3N5O/c20-15-4-3-14(19(21,22)23)6-13(15)11-29-18-9-25-8-17(18)28-10-16(26-27-28)12-2-1-5-24-7-12/h1-7,10,17-18,25H,8-9,11H2/t17-,18-/m1/s1. The maximum atomic E-state index is 12.9. The molecule has 4 rings (SSSR count). The van der Waals surface area contributed by atoms with Crippen LogP contribution in [0.2, 0.25) is 5.02 Å². The van der Waals surface area contributed by atoms with Gasteiger partial charge in [-0.1, -0.05) is 16.8 Å². The van der Waals surface area contributed by atoms with E-state index in [0.717, 1.165) is 17.7 Å². The van der Waals surface area contributed by atoms with Gasteiger partial charge in [0.25, 0.3) is 0 Å². The largest absolute Gasteiger partial charge is 0.416 e. The van der Waals surface area contributed by atoms with Crippen molar-refractivity contribution in [2.24, 2.45) is 0 Å². The Morgan fingerprint density at radius 2 is 2.10 bits per heavy atom. The maximum Gasteiger partial charge on any atom is 0.416 e. The summed E-state index contributed by atoms with van der Waals surface area (Å²) in [5.41, 5.74) is 1.07. The summed E-state index contributed by atoms with van der Waals surface area (Å²) in [5.74, 6) is 0. The zero-order chi connectivity index (χ0) is 20.4. The van der Waals surface area contributed by atoms with Crippen LogP contribution in [0.25, 0.3) is 11.3 Å². The number of nitrogens with one attached hydrogen (secondary N) is 1. The zero-order valence-corrected chi connectivity index (χ0v) is 15.9. The van der Waals surface area contributed by atoms with Gasteiger partial charge in [-0.05, 0) is 35.9 Å². The molecule has 0 bridgehead atoms. The first-order valence-electron chi connectivity index (χ1n) is 8.92. The molecule has 3 aromatic rings. The van der Waals surface area contributed by atoms with E-state index in [9.17, 15) is 13.2 Å². The van der Waals surface area contributed by atoms with Crippen LogP contribution in [-0.2, 0) is 17.5 Å². The predicted octanol–water partition coefficient (Wildman–Crippen LogP) is 3.74. The Hall–Kier alpha value is -2.49. The fraction of sp³-hybridized carbons (Fsp3) is 0.316. The molecule has 1 aromatic carbocycles. The van der Waals surface area contributed by atoms with Gasteiger partial charge in [0.05, 0.1) is 30.5 Å². The number of benzene rings is 1. The number of aromatic nitrogens is 4. The van der Waals surface area contributed by atoms with Crippen molar-refractivity contribution in [1.82, 2.24) is 25.3 Å². The monoisotopic (exact) mass is 423 g/mol. The topological polar surface area (TPSA) is 64.9 Å². The molecule has 0 spiro atoms. The molecule has 1 aliphatic heterocycles. The molecule has 1 fully saturated rings. The number of nitrogens with zero attached hydrogens (tertiary/aromatic N) is 4. The minimum absolute atomic E-state index is 0.0320. The molecule has 0 saturated carbocycles. The molecule has 2 atom stereocenters. The molecule has 152 valence electrons. The quantitative estimate of drug-likeness (QED) is 0.677. The molecule has 10 heteroatoms. The molecular formula is C19H17ClF3N5O. The van der Waals surface area contributed by atoms with Crippen molar-refractivity contribution in [3.8, 4) is 11.3 Å². The van der Waals surface area contributed by atoms with E-state index in [0.29, 0.717) is 24.3 Å². The molecule has 1 saturated heterocycles. The first kappa shape index (κ1) is 19.8. The lowest BCUT2D eigenvalue weighted by molar-refractivity contribution is -0.137. The van der Waals surface area contributed by atoms with Crippen molar-refractivity contribution in [1.29, 1.82) is 0 Å². The first-order chi connectivity index (χ1) is 13.9. The molecule has 0 radical (unpaired) electrons. The Morgan fingerprint density at radius 1 is 1.24 bits per heavy atom. The highest BCUT2D eigenvalue weighted by Crippen LogP contribution is 2.32. The molecule has 0 unspecified atom stereocenters. The Labute approximate surface area is 169 Å². The van der Waals surface area contributed by atoms with Crippen molar-refractivity contribution in [3.05, 3.63) is 65.1 Å². The Kier molecular flexibility index (Phi) is 5.53. The summed E-state index contributed by atoms with van der Waals surface area (Å²) in [7, 11) is 0. The first-order valence-corrected chi connectivity index (χ1v) is 9.30. The summed E-state index contributed by atoms with van der Waals surface area (Å²) < 4.78 is 46.5. The molecule has 3 heterocycles. The summed E-state index contributed by atoms with van der Waals surface area (Å²) in [4.78, 5) is 4.07. The fourth-order valence-corrected chi connectivity index (χ4v) is 3.39. The van der Waals surface area contributed by atoms with Gasteiger partial charge >= 0.3 is 6.18 Å². The van der Waals surface area contributed by atoms with E-state index in [4.69, 9.17) is 16.3 Å². The third kappa shape index (κ3) is 4.42. The lowest BCUT2D eigenvalue weighted by atomic mass is 10.1. The Bertz CT molecular complexity index is 979. The number of ether oxygens (including phenoxy) is 1. The molecule has 1 N–H and O–H groups in total. The molecule has 0 aliphatic carbocycles. The molecule has 29 heavy (non-hydrogen) atoms. The van der Waals surface area contributed by atoms with Gasteiger partial charge in [-0.3, -0.25) is 4.98 Å². The van der Waals surface area contributed by atoms with Gasteiger partial charge in [0.1, 0.15) is 5.69 Å². The van der Waals surface area contributed by atoms with E-state index in [-0.39, 0.29) is 23.8 Å².